The van der Waals surface area contributed by atoms with E-state index < -0.39 is 0 Å². The molecule has 0 aliphatic carbocycles. The van der Waals surface area contributed by atoms with Gasteiger partial charge in [0.2, 0.25) is 0 Å². The molecule has 0 saturated carbocycles. The highest BCUT2D eigenvalue weighted by atomic mass is 32.2. The Morgan fingerprint density at radius 2 is 1.76 bits per heavy atom. The van der Waals surface area contributed by atoms with Gasteiger partial charge in [-0.25, -0.2) is 0 Å². The van der Waals surface area contributed by atoms with Crippen molar-refractivity contribution in [1.82, 2.24) is 5.32 Å². The highest BCUT2D eigenvalue weighted by Crippen LogP contribution is 2.18. The molecule has 96 valence electrons. The van der Waals surface area contributed by atoms with Crippen molar-refractivity contribution >= 4 is 11.8 Å². The van der Waals surface area contributed by atoms with Crippen LogP contribution in [0.15, 0.2) is 18.2 Å². The molecule has 1 nitrogen and oxygen atoms in total. The Labute approximate surface area is 110 Å². The minimum atomic E-state index is 0.571. The van der Waals surface area contributed by atoms with Crippen molar-refractivity contribution < 1.29 is 0 Å². The Balaban J connectivity index is 2.67. The lowest BCUT2D eigenvalue weighted by atomic mass is 9.97. The Bertz CT molecular complexity index is 327. The highest BCUT2D eigenvalue weighted by Gasteiger charge is 2.11. The van der Waals surface area contributed by atoms with Gasteiger partial charge >= 0.3 is 0 Å². The molecule has 1 N–H and O–H groups in total. The molecule has 1 rings (SSSR count). The minimum Gasteiger partial charge on any atom is -0.316 e. The van der Waals surface area contributed by atoms with Gasteiger partial charge in [0.15, 0.2) is 0 Å². The molecule has 0 bridgehead atoms. The fourth-order valence-corrected chi connectivity index (χ4v) is 2.87. The van der Waals surface area contributed by atoms with Gasteiger partial charge in [-0.2, -0.15) is 11.8 Å². The van der Waals surface area contributed by atoms with Gasteiger partial charge < -0.3 is 5.32 Å². The first-order chi connectivity index (χ1) is 8.04. The van der Waals surface area contributed by atoms with E-state index in [2.05, 4.69) is 58.3 Å². The summed E-state index contributed by atoms with van der Waals surface area (Å²) in [6.45, 7) is 8.95. The van der Waals surface area contributed by atoms with Gasteiger partial charge in [0.25, 0.3) is 0 Å². The standard InChI is InChI=1S/C15H25NS/c1-11(2)17-10-14(16-5)9-15-12(3)7-6-8-13(15)4/h6-8,11,14,16H,9-10H2,1-5H3. The van der Waals surface area contributed by atoms with Crippen molar-refractivity contribution in [2.45, 2.75) is 45.4 Å². The van der Waals surface area contributed by atoms with Gasteiger partial charge in [-0.1, -0.05) is 32.0 Å². The van der Waals surface area contributed by atoms with Crippen LogP contribution >= 0.6 is 11.8 Å². The number of hydrogen-bond donors (Lipinski definition) is 1. The molecule has 1 unspecified atom stereocenters. The van der Waals surface area contributed by atoms with Gasteiger partial charge in [0, 0.05) is 11.8 Å². The maximum atomic E-state index is 3.44. The quantitative estimate of drug-likeness (QED) is 0.829. The second kappa shape index (κ2) is 7.07. The van der Waals surface area contributed by atoms with E-state index >= 15 is 0 Å². The smallest absolute Gasteiger partial charge is 0.0195 e. The number of nitrogens with one attached hydrogen (secondary N) is 1. The lowest BCUT2D eigenvalue weighted by Gasteiger charge is -2.19. The molecule has 0 heterocycles. The van der Waals surface area contributed by atoms with Crippen molar-refractivity contribution in [3.05, 3.63) is 34.9 Å². The van der Waals surface area contributed by atoms with E-state index in [1.807, 2.05) is 11.8 Å². The number of likely N-dealkylation sites (N-methyl/N-ethyl adjacent to an activating group) is 1. The van der Waals surface area contributed by atoms with Crippen LogP contribution in [0.1, 0.15) is 30.5 Å². The molecular formula is C15H25NS. The van der Waals surface area contributed by atoms with Crippen LogP contribution in [-0.4, -0.2) is 24.1 Å². The zero-order valence-corrected chi connectivity index (χ0v) is 12.5. The van der Waals surface area contributed by atoms with Crippen LogP contribution in [0.4, 0.5) is 0 Å². The maximum absolute atomic E-state index is 3.44. The fraction of sp³-hybridized carbons (Fsp3) is 0.600. The molecule has 0 radical (unpaired) electrons. The zero-order chi connectivity index (χ0) is 12.8. The molecule has 17 heavy (non-hydrogen) atoms. The molecular weight excluding hydrogens is 226 g/mol. The summed E-state index contributed by atoms with van der Waals surface area (Å²) >= 11 is 2.03. The second-order valence-electron chi connectivity index (χ2n) is 4.94. The van der Waals surface area contributed by atoms with Crippen molar-refractivity contribution in [2.75, 3.05) is 12.8 Å². The van der Waals surface area contributed by atoms with Gasteiger partial charge in [0.05, 0.1) is 0 Å². The van der Waals surface area contributed by atoms with Crippen LogP contribution in [0.3, 0.4) is 0 Å². The molecule has 0 aromatic heterocycles. The predicted molar refractivity (Wildman–Crippen MR) is 80.1 cm³/mol. The largest absolute Gasteiger partial charge is 0.316 e. The average molecular weight is 251 g/mol. The number of hydrogen-bond acceptors (Lipinski definition) is 2. The molecule has 0 amide bonds. The lowest BCUT2D eigenvalue weighted by molar-refractivity contribution is 0.613. The summed E-state index contributed by atoms with van der Waals surface area (Å²) < 4.78 is 0. The molecule has 0 aliphatic heterocycles. The highest BCUT2D eigenvalue weighted by molar-refractivity contribution is 7.99. The van der Waals surface area contributed by atoms with E-state index in [9.17, 15) is 0 Å². The summed E-state index contributed by atoms with van der Waals surface area (Å²) in [5.41, 5.74) is 4.34. The molecule has 1 atom stereocenters. The first-order valence-corrected chi connectivity index (χ1v) is 7.43. The van der Waals surface area contributed by atoms with Gasteiger partial charge in [-0.15, -0.1) is 0 Å². The van der Waals surface area contributed by atoms with Crippen molar-refractivity contribution in [3.63, 3.8) is 0 Å². The molecule has 0 aliphatic rings. The van der Waals surface area contributed by atoms with Crippen LogP contribution in [0.5, 0.6) is 0 Å². The number of benzene rings is 1. The van der Waals surface area contributed by atoms with E-state index in [4.69, 9.17) is 0 Å². The minimum absolute atomic E-state index is 0.571. The van der Waals surface area contributed by atoms with Gasteiger partial charge in [-0.3, -0.25) is 0 Å². The predicted octanol–water partition coefficient (Wildman–Crippen LogP) is 3.58. The van der Waals surface area contributed by atoms with E-state index in [1.165, 1.54) is 22.4 Å². The normalized spacial score (nSPS) is 13.1. The van der Waals surface area contributed by atoms with E-state index in [0.29, 0.717) is 11.3 Å². The third-order valence-electron chi connectivity index (χ3n) is 3.13. The topological polar surface area (TPSA) is 12.0 Å². The summed E-state index contributed by atoms with van der Waals surface area (Å²) in [6.07, 6.45) is 1.13. The zero-order valence-electron chi connectivity index (χ0n) is 11.7. The second-order valence-corrected chi connectivity index (χ2v) is 6.55. The van der Waals surface area contributed by atoms with E-state index in [1.54, 1.807) is 0 Å². The number of thioether (sulfide) groups is 1. The van der Waals surface area contributed by atoms with Crippen molar-refractivity contribution in [2.24, 2.45) is 0 Å². The molecule has 0 spiro atoms. The Hall–Kier alpha value is -0.470. The molecule has 1 aromatic rings. The number of aryl methyl sites for hydroxylation is 2. The molecule has 2 heteroatoms. The van der Waals surface area contributed by atoms with Crippen LogP contribution in [0.25, 0.3) is 0 Å². The monoisotopic (exact) mass is 251 g/mol. The molecule has 0 fully saturated rings. The van der Waals surface area contributed by atoms with Gasteiger partial charge in [-0.05, 0) is 49.3 Å². The summed E-state index contributed by atoms with van der Waals surface area (Å²) in [4.78, 5) is 0. The lowest BCUT2D eigenvalue weighted by Crippen LogP contribution is -2.31. The Kier molecular flexibility index (Phi) is 6.07. The van der Waals surface area contributed by atoms with Crippen LogP contribution in [-0.2, 0) is 6.42 Å². The third kappa shape index (κ3) is 4.72. The van der Waals surface area contributed by atoms with Crippen molar-refractivity contribution in [3.8, 4) is 0 Å². The average Bonchev–Trinajstić information content (AvgIpc) is 2.27. The first-order valence-electron chi connectivity index (χ1n) is 6.38. The van der Waals surface area contributed by atoms with E-state index in [0.717, 1.165) is 6.42 Å². The van der Waals surface area contributed by atoms with Crippen molar-refractivity contribution in [1.29, 1.82) is 0 Å². The maximum Gasteiger partial charge on any atom is 0.0195 e. The SMILES string of the molecule is CNC(CSC(C)C)Cc1c(C)cccc1C. The summed E-state index contributed by atoms with van der Waals surface area (Å²) in [6, 6.07) is 7.14. The number of rotatable bonds is 6. The van der Waals surface area contributed by atoms with Gasteiger partial charge in [0.1, 0.15) is 0 Å². The van der Waals surface area contributed by atoms with Crippen LogP contribution < -0.4 is 5.32 Å². The summed E-state index contributed by atoms with van der Waals surface area (Å²) in [7, 11) is 2.07. The fourth-order valence-electron chi connectivity index (χ4n) is 1.97. The Morgan fingerprint density at radius 1 is 1.18 bits per heavy atom. The molecule has 0 saturated heterocycles. The van der Waals surface area contributed by atoms with E-state index in [-0.39, 0.29) is 0 Å². The Morgan fingerprint density at radius 3 is 2.24 bits per heavy atom. The third-order valence-corrected chi connectivity index (χ3v) is 4.40. The first kappa shape index (κ1) is 14.6. The van der Waals surface area contributed by atoms with Crippen LogP contribution in [0, 0.1) is 13.8 Å². The van der Waals surface area contributed by atoms with Crippen LogP contribution in [0.2, 0.25) is 0 Å². The summed E-state index contributed by atoms with van der Waals surface area (Å²) in [5.74, 6) is 1.18. The molecule has 1 aromatic carbocycles. The summed E-state index contributed by atoms with van der Waals surface area (Å²) in [5, 5.41) is 4.15.